The lowest BCUT2D eigenvalue weighted by Crippen LogP contribution is -2.27. The molecule has 4 nitrogen and oxygen atoms in total. The van der Waals surface area contributed by atoms with Gasteiger partial charge in [0.05, 0.1) is 7.11 Å². The van der Waals surface area contributed by atoms with Gasteiger partial charge < -0.3 is 10.1 Å². The molecule has 1 N–H and O–H groups in total. The van der Waals surface area contributed by atoms with Crippen LogP contribution in [-0.2, 0) is 9.53 Å². The van der Waals surface area contributed by atoms with E-state index in [1.165, 1.54) is 7.11 Å². The van der Waals surface area contributed by atoms with E-state index in [0.717, 1.165) is 16.3 Å². The minimum atomic E-state index is -0.360. The molecule has 0 aliphatic carbocycles. The van der Waals surface area contributed by atoms with E-state index in [9.17, 15) is 4.79 Å². The number of rotatable bonds is 4. The first-order valence-corrected chi connectivity index (χ1v) is 6.43. The maximum Gasteiger partial charge on any atom is 0.327 e. The van der Waals surface area contributed by atoms with Crippen LogP contribution < -0.4 is 5.32 Å². The first kappa shape index (κ1) is 18.7. The normalized spacial score (nSPS) is 10.7. The second-order valence-electron chi connectivity index (χ2n) is 3.80. The molecule has 20 heavy (non-hydrogen) atoms. The third-order valence-electron chi connectivity index (χ3n) is 2.50. The molecule has 0 aliphatic heterocycles. The van der Waals surface area contributed by atoms with Crippen LogP contribution in [0.2, 0.25) is 0 Å². The lowest BCUT2D eigenvalue weighted by molar-refractivity contribution is -0.141. The van der Waals surface area contributed by atoms with Gasteiger partial charge in [-0.1, -0.05) is 0 Å². The van der Waals surface area contributed by atoms with Crippen LogP contribution >= 0.6 is 36.2 Å². The molecule has 2 rings (SSSR count). The monoisotopic (exact) mass is 334 g/mol. The lowest BCUT2D eigenvalue weighted by atomic mass is 10.2. The fraction of sp³-hybridized carbons (Fsp3) is 0.231. The Morgan fingerprint density at radius 2 is 1.95 bits per heavy atom. The average Bonchev–Trinajstić information content (AvgIpc) is 2.92. The number of benzene rings is 1. The van der Waals surface area contributed by atoms with Crippen molar-refractivity contribution >= 4 is 47.8 Å². The van der Waals surface area contributed by atoms with Crippen LogP contribution in [0.5, 0.6) is 0 Å². The highest BCUT2D eigenvalue weighted by Gasteiger charge is 2.12. The van der Waals surface area contributed by atoms with E-state index in [0.29, 0.717) is 0 Å². The Bertz CT molecular complexity index is 518. The summed E-state index contributed by atoms with van der Waals surface area (Å²) in [7, 11) is 1.38. The van der Waals surface area contributed by atoms with Crippen molar-refractivity contribution in [2.24, 2.45) is 0 Å². The van der Waals surface area contributed by atoms with E-state index in [1.807, 2.05) is 29.6 Å². The van der Waals surface area contributed by atoms with Crippen LogP contribution in [0.15, 0.2) is 35.8 Å². The van der Waals surface area contributed by atoms with Crippen molar-refractivity contribution in [3.63, 3.8) is 0 Å². The molecule has 0 fully saturated rings. The zero-order valence-electron chi connectivity index (χ0n) is 11.0. The first-order chi connectivity index (χ1) is 8.70. The summed E-state index contributed by atoms with van der Waals surface area (Å²) in [5.41, 5.74) is 1.95. The molecule has 1 aromatic heterocycles. The Kier molecular flexibility index (Phi) is 8.22. The highest BCUT2D eigenvalue weighted by molar-refractivity contribution is 7.13. The number of nitrogens with one attached hydrogen (secondary N) is 1. The van der Waals surface area contributed by atoms with Gasteiger partial charge in [-0.3, -0.25) is 0 Å². The number of hydrogen-bond acceptors (Lipinski definition) is 5. The molecular weight excluding hydrogens is 319 g/mol. The fourth-order valence-electron chi connectivity index (χ4n) is 1.56. The average molecular weight is 335 g/mol. The predicted molar refractivity (Wildman–Crippen MR) is 87.1 cm³/mol. The highest BCUT2D eigenvalue weighted by atomic mass is 35.5. The van der Waals surface area contributed by atoms with Crippen molar-refractivity contribution in [1.29, 1.82) is 0 Å². The van der Waals surface area contributed by atoms with Crippen molar-refractivity contribution < 1.29 is 9.53 Å². The Balaban J connectivity index is 0.00000180. The number of anilines is 1. The van der Waals surface area contributed by atoms with Gasteiger partial charge in [-0.2, -0.15) is 0 Å². The van der Waals surface area contributed by atoms with Gasteiger partial charge in [-0.15, -0.1) is 36.2 Å². The Morgan fingerprint density at radius 1 is 1.30 bits per heavy atom. The van der Waals surface area contributed by atoms with Gasteiger partial charge in [0.1, 0.15) is 11.0 Å². The lowest BCUT2D eigenvalue weighted by Gasteiger charge is -2.12. The second-order valence-corrected chi connectivity index (χ2v) is 4.70. The highest BCUT2D eigenvalue weighted by Crippen LogP contribution is 2.23. The van der Waals surface area contributed by atoms with Crippen LogP contribution in [0.1, 0.15) is 6.92 Å². The number of carbonyl (C=O) groups excluding carboxylic acids is 1. The van der Waals surface area contributed by atoms with E-state index in [-0.39, 0.29) is 36.8 Å². The smallest absolute Gasteiger partial charge is 0.327 e. The molecule has 0 bridgehead atoms. The van der Waals surface area contributed by atoms with E-state index < -0.39 is 0 Å². The van der Waals surface area contributed by atoms with Gasteiger partial charge in [-0.25, -0.2) is 9.78 Å². The van der Waals surface area contributed by atoms with Gasteiger partial charge in [0.2, 0.25) is 0 Å². The van der Waals surface area contributed by atoms with Crippen molar-refractivity contribution in [2.45, 2.75) is 13.0 Å². The Morgan fingerprint density at radius 3 is 2.45 bits per heavy atom. The van der Waals surface area contributed by atoms with Gasteiger partial charge in [0.15, 0.2) is 0 Å². The van der Waals surface area contributed by atoms with E-state index in [1.54, 1.807) is 24.5 Å². The number of esters is 1. The van der Waals surface area contributed by atoms with Crippen molar-refractivity contribution in [2.75, 3.05) is 12.4 Å². The summed E-state index contributed by atoms with van der Waals surface area (Å²) in [4.78, 5) is 15.5. The van der Waals surface area contributed by atoms with Crippen molar-refractivity contribution in [1.82, 2.24) is 4.98 Å². The molecule has 0 saturated carbocycles. The summed E-state index contributed by atoms with van der Waals surface area (Å²) < 4.78 is 4.66. The third kappa shape index (κ3) is 4.67. The van der Waals surface area contributed by atoms with Crippen LogP contribution in [0.25, 0.3) is 10.6 Å². The quantitative estimate of drug-likeness (QED) is 0.867. The number of nitrogens with zero attached hydrogens (tertiary/aromatic N) is 1. The Hall–Kier alpha value is -1.30. The second kappa shape index (κ2) is 8.79. The summed E-state index contributed by atoms with van der Waals surface area (Å²) in [6, 6.07) is 7.45. The van der Waals surface area contributed by atoms with Crippen molar-refractivity contribution in [3.8, 4) is 10.6 Å². The van der Waals surface area contributed by atoms with Crippen LogP contribution in [0, 0.1) is 0 Å². The van der Waals surface area contributed by atoms with Crippen LogP contribution in [0.4, 0.5) is 5.69 Å². The molecule has 0 spiro atoms. The topological polar surface area (TPSA) is 51.2 Å². The Labute approximate surface area is 134 Å². The number of thiazole rings is 1. The van der Waals surface area contributed by atoms with Crippen LogP contribution in [-0.4, -0.2) is 24.1 Å². The van der Waals surface area contributed by atoms with E-state index >= 15 is 0 Å². The molecular formula is C13H16Cl2N2O2S. The van der Waals surface area contributed by atoms with Gasteiger partial charge in [0.25, 0.3) is 0 Å². The minimum absolute atomic E-state index is 0. The van der Waals surface area contributed by atoms with E-state index in [4.69, 9.17) is 0 Å². The number of ether oxygens (including phenoxy) is 1. The number of carbonyl (C=O) groups is 1. The van der Waals surface area contributed by atoms with E-state index in [2.05, 4.69) is 15.0 Å². The molecule has 0 unspecified atom stereocenters. The molecule has 110 valence electrons. The summed E-state index contributed by atoms with van der Waals surface area (Å²) in [5, 5.41) is 6.01. The maximum absolute atomic E-state index is 11.3. The number of hydrogen-bond donors (Lipinski definition) is 1. The zero-order chi connectivity index (χ0) is 13.0. The number of halogens is 2. The van der Waals surface area contributed by atoms with Gasteiger partial charge in [-0.05, 0) is 31.2 Å². The summed E-state index contributed by atoms with van der Waals surface area (Å²) in [6.45, 7) is 1.76. The van der Waals surface area contributed by atoms with Gasteiger partial charge in [0, 0.05) is 22.8 Å². The van der Waals surface area contributed by atoms with Crippen molar-refractivity contribution in [3.05, 3.63) is 35.8 Å². The largest absolute Gasteiger partial charge is 0.467 e. The number of aromatic nitrogens is 1. The fourth-order valence-corrected chi connectivity index (χ4v) is 2.21. The molecule has 7 heteroatoms. The standard InChI is InChI=1S/C13H14N2O2S.2ClH/c1-9(13(16)17-2)15-11-5-3-10(4-6-11)12-14-7-8-18-12;;/h3-9,15H,1-2H3;2*1H/t9-;;/m0../s1. The third-order valence-corrected chi connectivity index (χ3v) is 3.32. The van der Waals surface area contributed by atoms with Gasteiger partial charge >= 0.3 is 5.97 Å². The zero-order valence-corrected chi connectivity index (χ0v) is 13.5. The molecule has 1 heterocycles. The summed E-state index contributed by atoms with van der Waals surface area (Å²) >= 11 is 1.60. The molecule has 0 amide bonds. The SMILES string of the molecule is COC(=O)[C@H](C)Nc1ccc(-c2nccs2)cc1.Cl.Cl. The molecule has 0 radical (unpaired) electrons. The maximum atomic E-state index is 11.3. The molecule has 0 saturated heterocycles. The molecule has 2 aromatic rings. The molecule has 1 atom stereocenters. The molecule has 0 aliphatic rings. The number of methoxy groups -OCH3 is 1. The summed E-state index contributed by atoms with van der Waals surface area (Å²) in [6.07, 6.45) is 1.78. The summed E-state index contributed by atoms with van der Waals surface area (Å²) in [5.74, 6) is -0.279. The van der Waals surface area contributed by atoms with Crippen LogP contribution in [0.3, 0.4) is 0 Å². The predicted octanol–water partition coefficient (Wildman–Crippen LogP) is 3.63. The minimum Gasteiger partial charge on any atom is -0.467 e. The molecule has 1 aromatic carbocycles. The first-order valence-electron chi connectivity index (χ1n) is 5.55.